The molecule has 0 aromatic rings. The first kappa shape index (κ1) is 15.6. The highest BCUT2D eigenvalue weighted by Crippen LogP contribution is 2.42. The van der Waals surface area contributed by atoms with E-state index in [-0.39, 0.29) is 5.41 Å². The Labute approximate surface area is 118 Å². The molecule has 1 rings (SSSR count). The SMILES string of the molecule is CC=CC(C)(/C=C\C(C)=C/N)C1CC(C)=CC=C1C. The average Bonchev–Trinajstić information content (AvgIpc) is 2.39. The van der Waals surface area contributed by atoms with Crippen LogP contribution in [0.5, 0.6) is 0 Å². The van der Waals surface area contributed by atoms with Gasteiger partial charge in [-0.1, -0.05) is 54.5 Å². The molecule has 104 valence electrons. The summed E-state index contributed by atoms with van der Waals surface area (Å²) in [5.74, 6) is 0.524. The number of rotatable bonds is 4. The zero-order valence-corrected chi connectivity index (χ0v) is 12.9. The standard InChI is InChI=1S/C18H27N/c1-6-10-18(5,11-9-15(3)13-19)17-12-14(2)7-8-16(17)4/h6-11,13,17H,12,19H2,1-5H3/b10-6?,11-9-,15-13-. The molecule has 1 nitrogen and oxygen atoms in total. The molecule has 0 saturated heterocycles. The molecule has 0 spiro atoms. The van der Waals surface area contributed by atoms with Crippen LogP contribution in [0.25, 0.3) is 0 Å². The first-order valence-corrected chi connectivity index (χ1v) is 6.98. The summed E-state index contributed by atoms with van der Waals surface area (Å²) in [5, 5.41) is 0. The summed E-state index contributed by atoms with van der Waals surface area (Å²) in [5.41, 5.74) is 9.58. The number of nitrogens with two attached hydrogens (primary N) is 1. The third kappa shape index (κ3) is 3.99. The van der Waals surface area contributed by atoms with Gasteiger partial charge in [0.1, 0.15) is 0 Å². The minimum absolute atomic E-state index is 0.0368. The molecule has 0 heterocycles. The monoisotopic (exact) mass is 257 g/mol. The molecular formula is C18H27N. The fourth-order valence-electron chi connectivity index (χ4n) is 2.66. The predicted molar refractivity (Wildman–Crippen MR) is 85.6 cm³/mol. The van der Waals surface area contributed by atoms with Crippen LogP contribution in [0.4, 0.5) is 0 Å². The molecule has 1 aliphatic rings. The summed E-state index contributed by atoms with van der Waals surface area (Å²) in [4.78, 5) is 0. The second-order valence-electron chi connectivity index (χ2n) is 5.79. The summed E-state index contributed by atoms with van der Waals surface area (Å²) in [6.07, 6.45) is 16.1. The number of hydrogen-bond acceptors (Lipinski definition) is 1. The van der Waals surface area contributed by atoms with Gasteiger partial charge in [0.15, 0.2) is 0 Å². The number of hydrogen-bond donors (Lipinski definition) is 1. The fraction of sp³-hybridized carbons (Fsp3) is 0.444. The van der Waals surface area contributed by atoms with Crippen molar-refractivity contribution in [3.63, 3.8) is 0 Å². The zero-order chi connectivity index (χ0) is 14.5. The van der Waals surface area contributed by atoms with Crippen LogP contribution in [-0.2, 0) is 0 Å². The molecule has 0 aromatic heterocycles. The summed E-state index contributed by atoms with van der Waals surface area (Å²) in [6, 6.07) is 0. The van der Waals surface area contributed by atoms with Crippen molar-refractivity contribution >= 4 is 0 Å². The van der Waals surface area contributed by atoms with Crippen molar-refractivity contribution in [2.24, 2.45) is 17.1 Å². The molecule has 0 saturated carbocycles. The average molecular weight is 257 g/mol. The third-order valence-corrected chi connectivity index (χ3v) is 3.95. The smallest absolute Gasteiger partial charge is 0.0104 e. The Morgan fingerprint density at radius 3 is 2.58 bits per heavy atom. The molecule has 1 heteroatoms. The second-order valence-corrected chi connectivity index (χ2v) is 5.79. The van der Waals surface area contributed by atoms with Crippen LogP contribution in [0.1, 0.15) is 41.0 Å². The maximum atomic E-state index is 5.55. The molecule has 0 fully saturated rings. The summed E-state index contributed by atoms with van der Waals surface area (Å²) in [6.45, 7) is 10.9. The van der Waals surface area contributed by atoms with E-state index in [9.17, 15) is 0 Å². The topological polar surface area (TPSA) is 26.0 Å². The lowest BCUT2D eigenvalue weighted by Gasteiger charge is -2.36. The van der Waals surface area contributed by atoms with E-state index in [1.807, 2.05) is 6.92 Å². The van der Waals surface area contributed by atoms with E-state index in [0.717, 1.165) is 12.0 Å². The van der Waals surface area contributed by atoms with E-state index in [1.165, 1.54) is 11.1 Å². The van der Waals surface area contributed by atoms with Gasteiger partial charge in [-0.05, 0) is 51.8 Å². The van der Waals surface area contributed by atoms with Crippen molar-refractivity contribution in [3.05, 3.63) is 59.4 Å². The Hall–Kier alpha value is -1.50. The van der Waals surface area contributed by atoms with E-state index >= 15 is 0 Å². The highest BCUT2D eigenvalue weighted by Gasteiger charge is 2.31. The molecule has 0 aliphatic heterocycles. The van der Waals surface area contributed by atoms with Gasteiger partial charge in [0.25, 0.3) is 0 Å². The van der Waals surface area contributed by atoms with E-state index < -0.39 is 0 Å². The first-order valence-electron chi connectivity index (χ1n) is 6.98. The summed E-state index contributed by atoms with van der Waals surface area (Å²) >= 11 is 0. The van der Waals surface area contributed by atoms with Gasteiger partial charge in [-0.25, -0.2) is 0 Å². The van der Waals surface area contributed by atoms with E-state index in [0.29, 0.717) is 5.92 Å². The normalized spacial score (nSPS) is 24.5. The van der Waals surface area contributed by atoms with Crippen LogP contribution in [-0.4, -0.2) is 0 Å². The van der Waals surface area contributed by atoms with E-state index in [1.54, 1.807) is 6.20 Å². The molecule has 2 unspecified atom stereocenters. The van der Waals surface area contributed by atoms with Crippen LogP contribution in [0.3, 0.4) is 0 Å². The Morgan fingerprint density at radius 1 is 1.32 bits per heavy atom. The minimum atomic E-state index is 0.0368. The highest BCUT2D eigenvalue weighted by atomic mass is 14.5. The Balaban J connectivity index is 3.10. The molecule has 0 radical (unpaired) electrons. The van der Waals surface area contributed by atoms with Crippen molar-refractivity contribution in [1.82, 2.24) is 0 Å². The quantitative estimate of drug-likeness (QED) is 0.562. The number of allylic oxidation sites excluding steroid dienone is 9. The van der Waals surface area contributed by atoms with Crippen LogP contribution >= 0.6 is 0 Å². The van der Waals surface area contributed by atoms with Crippen molar-refractivity contribution in [2.45, 2.75) is 41.0 Å². The molecule has 19 heavy (non-hydrogen) atoms. The van der Waals surface area contributed by atoms with Crippen molar-refractivity contribution < 1.29 is 0 Å². The van der Waals surface area contributed by atoms with Crippen LogP contribution < -0.4 is 5.73 Å². The van der Waals surface area contributed by atoms with Gasteiger partial charge in [-0.15, -0.1) is 0 Å². The Morgan fingerprint density at radius 2 is 2.00 bits per heavy atom. The Kier molecular flexibility index (Phi) is 5.41. The van der Waals surface area contributed by atoms with Gasteiger partial charge in [-0.3, -0.25) is 0 Å². The summed E-state index contributed by atoms with van der Waals surface area (Å²) < 4.78 is 0. The van der Waals surface area contributed by atoms with Gasteiger partial charge < -0.3 is 5.73 Å². The molecule has 2 atom stereocenters. The predicted octanol–water partition coefficient (Wildman–Crippen LogP) is 4.90. The molecule has 0 amide bonds. The lowest BCUT2D eigenvalue weighted by molar-refractivity contribution is 0.367. The van der Waals surface area contributed by atoms with Gasteiger partial charge >= 0.3 is 0 Å². The van der Waals surface area contributed by atoms with E-state index in [2.05, 4.69) is 64.2 Å². The van der Waals surface area contributed by atoms with Crippen LogP contribution in [0.2, 0.25) is 0 Å². The maximum absolute atomic E-state index is 5.55. The van der Waals surface area contributed by atoms with Crippen molar-refractivity contribution in [1.29, 1.82) is 0 Å². The van der Waals surface area contributed by atoms with Crippen molar-refractivity contribution in [2.75, 3.05) is 0 Å². The highest BCUT2D eigenvalue weighted by molar-refractivity contribution is 5.31. The fourth-order valence-corrected chi connectivity index (χ4v) is 2.66. The maximum Gasteiger partial charge on any atom is 0.0104 e. The molecule has 0 aromatic carbocycles. The Bertz CT molecular complexity index is 460. The molecule has 1 aliphatic carbocycles. The molecular weight excluding hydrogens is 230 g/mol. The van der Waals surface area contributed by atoms with Crippen LogP contribution in [0, 0.1) is 11.3 Å². The van der Waals surface area contributed by atoms with Crippen LogP contribution in [0.15, 0.2) is 59.4 Å². The van der Waals surface area contributed by atoms with Gasteiger partial charge in [0, 0.05) is 5.41 Å². The second kappa shape index (κ2) is 6.60. The molecule has 0 bridgehead atoms. The largest absolute Gasteiger partial charge is 0.404 e. The zero-order valence-electron chi connectivity index (χ0n) is 12.9. The lowest BCUT2D eigenvalue weighted by atomic mass is 9.68. The van der Waals surface area contributed by atoms with Gasteiger partial charge in [-0.2, -0.15) is 0 Å². The lowest BCUT2D eigenvalue weighted by Crippen LogP contribution is -2.26. The van der Waals surface area contributed by atoms with E-state index in [4.69, 9.17) is 5.73 Å². The third-order valence-electron chi connectivity index (χ3n) is 3.95. The van der Waals surface area contributed by atoms with Crippen molar-refractivity contribution in [3.8, 4) is 0 Å². The summed E-state index contributed by atoms with van der Waals surface area (Å²) in [7, 11) is 0. The first-order chi connectivity index (χ1) is 8.92. The van der Waals surface area contributed by atoms with Gasteiger partial charge in [0.2, 0.25) is 0 Å². The molecule has 2 N–H and O–H groups in total. The van der Waals surface area contributed by atoms with Gasteiger partial charge in [0.05, 0.1) is 0 Å². The minimum Gasteiger partial charge on any atom is -0.404 e.